The summed E-state index contributed by atoms with van der Waals surface area (Å²) in [5.41, 5.74) is 4.78. The van der Waals surface area contributed by atoms with Crippen LogP contribution >= 0.6 is 15.9 Å². The van der Waals surface area contributed by atoms with Crippen LogP contribution in [0.4, 0.5) is 27.5 Å². The predicted octanol–water partition coefficient (Wildman–Crippen LogP) is 2.10. The SMILES string of the molecule is CC(C)(COCCNc1cccc2c1C(=O)N(C1CCC(=O)NC1=O)C2=O)C(=O)NCCS(=O)(=O)N1CCC(Nc2ncc(Br)c(Nc3cccc(F)c3C(N)=O)n2)CC1. The molecule has 320 valence electrons. The van der Waals surface area contributed by atoms with Gasteiger partial charge in [0.25, 0.3) is 17.7 Å². The van der Waals surface area contributed by atoms with E-state index in [1.165, 1.54) is 28.7 Å². The van der Waals surface area contributed by atoms with Crippen molar-refractivity contribution in [1.82, 2.24) is 29.8 Å². The number of fused-ring (bicyclic) bond motifs is 1. The van der Waals surface area contributed by atoms with Gasteiger partial charge in [-0.15, -0.1) is 0 Å². The van der Waals surface area contributed by atoms with E-state index in [2.05, 4.69) is 52.5 Å². The first-order valence-electron chi connectivity index (χ1n) is 19.0. The number of anilines is 4. The number of rotatable bonds is 17. The van der Waals surface area contributed by atoms with Crippen LogP contribution in [0.3, 0.4) is 0 Å². The number of nitrogens with zero attached hydrogens (tertiary/aromatic N) is 4. The zero-order chi connectivity index (χ0) is 43.4. The zero-order valence-electron chi connectivity index (χ0n) is 32.7. The van der Waals surface area contributed by atoms with Crippen LogP contribution in [0, 0.1) is 11.2 Å². The van der Waals surface area contributed by atoms with Crippen molar-refractivity contribution in [3.05, 3.63) is 69.6 Å². The number of imide groups is 2. The standard InChI is InChI=1S/C38H44BrFN10O9S/c1-38(2,20-59-17-13-42-25-7-3-5-22-29(25)35(55)50(34(22)54)27-9-10-28(51)47-33(27)53)36(56)43-14-18-60(57,58)49-15-11-21(12-16-49)45-37-44-19-23(39)32(48-37)46-26-8-4-6-24(40)30(26)31(41)52/h3-8,19,21,27,42H,9-18,20H2,1-2H3,(H2,41,52)(H,43,56)(H,47,51,53)(H2,44,45,46,48). The number of nitrogens with two attached hydrogens (primary N) is 1. The van der Waals surface area contributed by atoms with Gasteiger partial charge in [-0.05, 0) is 73.3 Å². The smallest absolute Gasteiger partial charge is 0.264 e. The van der Waals surface area contributed by atoms with Gasteiger partial charge in [-0.1, -0.05) is 12.1 Å². The van der Waals surface area contributed by atoms with Gasteiger partial charge in [0, 0.05) is 50.5 Å². The minimum absolute atomic E-state index is 0.000233. The van der Waals surface area contributed by atoms with Crippen molar-refractivity contribution in [3.63, 3.8) is 0 Å². The molecular formula is C38H44BrFN10O9S. The summed E-state index contributed by atoms with van der Waals surface area (Å²) in [6, 6.07) is 7.51. The van der Waals surface area contributed by atoms with E-state index < -0.39 is 62.7 Å². The Bertz CT molecular complexity index is 2330. The number of aromatic nitrogens is 2. The number of benzene rings is 2. The maximum absolute atomic E-state index is 14.3. The minimum Gasteiger partial charge on any atom is -0.382 e. The summed E-state index contributed by atoms with van der Waals surface area (Å²) in [5, 5.41) is 14.0. The third-order valence-electron chi connectivity index (χ3n) is 10.2. The molecule has 0 bridgehead atoms. The monoisotopic (exact) mass is 914 g/mol. The van der Waals surface area contributed by atoms with Crippen LogP contribution in [-0.4, -0.2) is 120 Å². The molecule has 3 aromatic rings. The van der Waals surface area contributed by atoms with Crippen LogP contribution in [0.5, 0.6) is 0 Å². The van der Waals surface area contributed by atoms with E-state index in [0.29, 0.717) is 23.0 Å². The molecule has 1 atom stereocenters. The summed E-state index contributed by atoms with van der Waals surface area (Å²) in [4.78, 5) is 84.8. The van der Waals surface area contributed by atoms with E-state index in [9.17, 15) is 41.6 Å². The van der Waals surface area contributed by atoms with Gasteiger partial charge in [0.1, 0.15) is 17.7 Å². The zero-order valence-corrected chi connectivity index (χ0v) is 35.1. The molecule has 22 heteroatoms. The van der Waals surface area contributed by atoms with E-state index in [1.807, 2.05) is 0 Å². The lowest BCUT2D eigenvalue weighted by molar-refractivity contribution is -0.136. The number of ether oxygens (including phenoxy) is 1. The van der Waals surface area contributed by atoms with Crippen LogP contribution in [-0.2, 0) is 29.1 Å². The fourth-order valence-corrected chi connectivity index (χ4v) is 8.64. The van der Waals surface area contributed by atoms with Crippen molar-refractivity contribution in [1.29, 1.82) is 0 Å². The molecule has 2 fully saturated rings. The third-order valence-corrected chi connectivity index (χ3v) is 12.6. The lowest BCUT2D eigenvalue weighted by atomic mass is 9.93. The summed E-state index contributed by atoms with van der Waals surface area (Å²) in [7, 11) is -3.71. The molecular weight excluding hydrogens is 871 g/mol. The van der Waals surface area contributed by atoms with Gasteiger partial charge in [-0.3, -0.25) is 39.0 Å². The van der Waals surface area contributed by atoms with E-state index in [1.54, 1.807) is 26.0 Å². The quantitative estimate of drug-likeness (QED) is 0.0838. The largest absolute Gasteiger partial charge is 0.382 e. The third kappa shape index (κ3) is 9.88. The maximum atomic E-state index is 14.3. The van der Waals surface area contributed by atoms with Gasteiger partial charge in [-0.25, -0.2) is 22.1 Å². The molecule has 60 heavy (non-hydrogen) atoms. The number of primary amides is 1. The topological polar surface area (TPSA) is 264 Å². The molecule has 3 aliphatic heterocycles. The summed E-state index contributed by atoms with van der Waals surface area (Å²) in [5.74, 6) is -4.37. The molecule has 3 aliphatic rings. The van der Waals surface area contributed by atoms with Crippen molar-refractivity contribution in [2.75, 3.05) is 61.1 Å². The van der Waals surface area contributed by atoms with E-state index in [4.69, 9.17) is 10.5 Å². The van der Waals surface area contributed by atoms with Gasteiger partial charge >= 0.3 is 0 Å². The molecule has 0 saturated carbocycles. The second-order valence-corrected chi connectivity index (χ2v) is 17.9. The van der Waals surface area contributed by atoms with Gasteiger partial charge < -0.3 is 31.7 Å². The fourth-order valence-electron chi connectivity index (χ4n) is 6.97. The van der Waals surface area contributed by atoms with Crippen LogP contribution in [0.1, 0.15) is 70.6 Å². The second kappa shape index (κ2) is 18.4. The highest BCUT2D eigenvalue weighted by Gasteiger charge is 2.45. The summed E-state index contributed by atoms with van der Waals surface area (Å²) in [6.07, 6.45) is 2.43. The predicted molar refractivity (Wildman–Crippen MR) is 219 cm³/mol. The first kappa shape index (κ1) is 44.0. The Morgan fingerprint density at radius 1 is 1.03 bits per heavy atom. The van der Waals surface area contributed by atoms with Crippen molar-refractivity contribution < 1.29 is 46.3 Å². The maximum Gasteiger partial charge on any atom is 0.264 e. The molecule has 0 aliphatic carbocycles. The fraction of sp³-hybridized carbons (Fsp3) is 0.421. The normalized spacial score (nSPS) is 17.6. The van der Waals surface area contributed by atoms with Crippen molar-refractivity contribution in [3.8, 4) is 0 Å². The van der Waals surface area contributed by atoms with Gasteiger partial charge in [-0.2, -0.15) is 4.98 Å². The van der Waals surface area contributed by atoms with Crippen molar-refractivity contribution >= 4 is 84.5 Å². The molecule has 7 N–H and O–H groups in total. The highest BCUT2D eigenvalue weighted by molar-refractivity contribution is 9.10. The van der Waals surface area contributed by atoms with Crippen LogP contribution < -0.4 is 32.3 Å². The van der Waals surface area contributed by atoms with Crippen LogP contribution in [0.15, 0.2) is 47.1 Å². The number of carbonyl (C=O) groups excluding carboxylic acids is 6. The molecule has 2 aromatic carbocycles. The minimum atomic E-state index is -3.71. The van der Waals surface area contributed by atoms with Crippen molar-refractivity contribution in [2.24, 2.45) is 11.1 Å². The molecule has 19 nitrogen and oxygen atoms in total. The molecule has 6 rings (SSSR count). The van der Waals surface area contributed by atoms with E-state index in [-0.39, 0.29) is 98.2 Å². The molecule has 0 spiro atoms. The Morgan fingerprint density at radius 2 is 1.75 bits per heavy atom. The van der Waals surface area contributed by atoms with Crippen LogP contribution in [0.2, 0.25) is 0 Å². The average molecular weight is 916 g/mol. The summed E-state index contributed by atoms with van der Waals surface area (Å²) >= 11 is 3.35. The highest BCUT2D eigenvalue weighted by atomic mass is 79.9. The van der Waals surface area contributed by atoms with E-state index >= 15 is 0 Å². The lowest BCUT2D eigenvalue weighted by Gasteiger charge is -2.32. The summed E-state index contributed by atoms with van der Waals surface area (Å²) in [6.45, 7) is 3.99. The number of amides is 6. The Morgan fingerprint density at radius 3 is 2.47 bits per heavy atom. The van der Waals surface area contributed by atoms with Gasteiger partial charge in [0.2, 0.25) is 33.7 Å². The number of hydrogen-bond donors (Lipinski definition) is 6. The Labute approximate surface area is 352 Å². The second-order valence-electron chi connectivity index (χ2n) is 15.0. The Balaban J connectivity index is 0.913. The molecule has 6 amide bonds. The van der Waals surface area contributed by atoms with Crippen LogP contribution in [0.25, 0.3) is 0 Å². The number of halogens is 2. The molecule has 2 saturated heterocycles. The Hall–Kier alpha value is -5.58. The van der Waals surface area contributed by atoms with Gasteiger partial charge in [0.15, 0.2) is 0 Å². The van der Waals surface area contributed by atoms with E-state index in [0.717, 1.165) is 11.0 Å². The average Bonchev–Trinajstić information content (AvgIpc) is 3.45. The number of sulfonamides is 1. The Kier molecular flexibility index (Phi) is 13.5. The summed E-state index contributed by atoms with van der Waals surface area (Å²) < 4.78 is 48.2. The number of carbonyl (C=O) groups is 6. The van der Waals surface area contributed by atoms with Gasteiger partial charge in [0.05, 0.1) is 51.2 Å². The first-order chi connectivity index (χ1) is 28.5. The molecule has 0 radical (unpaired) electrons. The highest BCUT2D eigenvalue weighted by Crippen LogP contribution is 2.33. The number of piperidine rings is 2. The number of nitrogens with one attached hydrogen (secondary N) is 5. The number of hydrogen-bond acceptors (Lipinski definition) is 14. The first-order valence-corrected chi connectivity index (χ1v) is 21.4. The lowest BCUT2D eigenvalue weighted by Crippen LogP contribution is -2.54. The molecule has 1 aromatic heterocycles. The molecule has 1 unspecified atom stereocenters. The van der Waals surface area contributed by atoms with Crippen molar-refractivity contribution in [2.45, 2.75) is 51.6 Å². The molecule has 4 heterocycles.